The van der Waals surface area contributed by atoms with Crippen LogP contribution in [0.5, 0.6) is 0 Å². The number of hydrogen-bond acceptors (Lipinski definition) is 1. The standard InChI is InChI=1S/C10H10ClF3O/c1-5-3-6(2)8(11)7(4-5)9(15)10(12,13)14/h3-4,9,15H,1-2H3. The fraction of sp³-hybridized carbons (Fsp3) is 0.400. The van der Waals surface area contributed by atoms with Crippen LogP contribution in [0.1, 0.15) is 22.8 Å². The molecule has 0 amide bonds. The van der Waals surface area contributed by atoms with Gasteiger partial charge in [-0.05, 0) is 19.4 Å². The second kappa shape index (κ2) is 4.02. The predicted octanol–water partition coefficient (Wildman–Crippen LogP) is 3.55. The second-order valence-electron chi connectivity index (χ2n) is 3.43. The van der Waals surface area contributed by atoms with Crippen LogP contribution in [0.2, 0.25) is 5.02 Å². The van der Waals surface area contributed by atoms with Crippen molar-refractivity contribution in [3.05, 3.63) is 33.8 Å². The van der Waals surface area contributed by atoms with Crippen LogP contribution < -0.4 is 0 Å². The molecule has 0 spiro atoms. The Kier molecular flexibility index (Phi) is 3.31. The molecule has 0 aliphatic heterocycles. The van der Waals surface area contributed by atoms with Gasteiger partial charge in [-0.15, -0.1) is 0 Å². The molecule has 1 aromatic carbocycles. The van der Waals surface area contributed by atoms with E-state index in [1.165, 1.54) is 6.07 Å². The van der Waals surface area contributed by atoms with Gasteiger partial charge in [0, 0.05) is 10.6 Å². The average molecular weight is 239 g/mol. The van der Waals surface area contributed by atoms with Crippen molar-refractivity contribution in [2.75, 3.05) is 0 Å². The molecule has 0 heterocycles. The van der Waals surface area contributed by atoms with E-state index in [4.69, 9.17) is 16.7 Å². The smallest absolute Gasteiger partial charge is 0.379 e. The lowest BCUT2D eigenvalue weighted by Crippen LogP contribution is -2.20. The van der Waals surface area contributed by atoms with Crippen molar-refractivity contribution in [3.8, 4) is 0 Å². The van der Waals surface area contributed by atoms with E-state index in [2.05, 4.69) is 0 Å². The van der Waals surface area contributed by atoms with E-state index in [1.54, 1.807) is 19.9 Å². The summed E-state index contributed by atoms with van der Waals surface area (Å²) >= 11 is 5.71. The monoisotopic (exact) mass is 238 g/mol. The topological polar surface area (TPSA) is 20.2 Å². The summed E-state index contributed by atoms with van der Waals surface area (Å²) in [7, 11) is 0. The third-order valence-electron chi connectivity index (χ3n) is 2.03. The fourth-order valence-electron chi connectivity index (χ4n) is 1.36. The third-order valence-corrected chi connectivity index (χ3v) is 2.55. The van der Waals surface area contributed by atoms with E-state index < -0.39 is 12.3 Å². The highest BCUT2D eigenvalue weighted by atomic mass is 35.5. The zero-order valence-corrected chi connectivity index (χ0v) is 8.95. The van der Waals surface area contributed by atoms with Crippen molar-refractivity contribution >= 4 is 11.6 Å². The Morgan fingerprint density at radius 2 is 1.80 bits per heavy atom. The van der Waals surface area contributed by atoms with E-state index in [0.717, 1.165) is 0 Å². The van der Waals surface area contributed by atoms with Gasteiger partial charge in [0.15, 0.2) is 6.10 Å². The lowest BCUT2D eigenvalue weighted by atomic mass is 10.0. The number of alkyl halides is 3. The maximum absolute atomic E-state index is 12.3. The maximum Gasteiger partial charge on any atom is 0.418 e. The van der Waals surface area contributed by atoms with Crippen LogP contribution >= 0.6 is 11.6 Å². The molecule has 1 aromatic rings. The summed E-state index contributed by atoms with van der Waals surface area (Å²) in [5.41, 5.74) is 0.867. The van der Waals surface area contributed by atoms with Crippen LogP contribution in [0.25, 0.3) is 0 Å². The summed E-state index contributed by atoms with van der Waals surface area (Å²) in [6, 6.07) is 2.91. The molecule has 1 rings (SSSR count). The Morgan fingerprint density at radius 3 is 2.27 bits per heavy atom. The van der Waals surface area contributed by atoms with Crippen molar-refractivity contribution in [1.82, 2.24) is 0 Å². The van der Waals surface area contributed by atoms with Crippen molar-refractivity contribution in [2.24, 2.45) is 0 Å². The van der Waals surface area contributed by atoms with Gasteiger partial charge < -0.3 is 5.11 Å². The van der Waals surface area contributed by atoms with Crippen LogP contribution in [0.3, 0.4) is 0 Å². The molecule has 1 atom stereocenters. The van der Waals surface area contributed by atoms with E-state index in [-0.39, 0.29) is 10.6 Å². The van der Waals surface area contributed by atoms with Crippen LogP contribution in [-0.2, 0) is 0 Å². The largest absolute Gasteiger partial charge is 0.418 e. The Balaban J connectivity index is 3.25. The molecule has 1 N–H and O–H groups in total. The van der Waals surface area contributed by atoms with Gasteiger partial charge in [-0.1, -0.05) is 29.3 Å². The minimum absolute atomic E-state index is 0.0366. The maximum atomic E-state index is 12.3. The number of aliphatic hydroxyl groups excluding tert-OH is 1. The number of rotatable bonds is 1. The molecule has 0 aromatic heterocycles. The molecule has 84 valence electrons. The summed E-state index contributed by atoms with van der Waals surface area (Å²) in [5.74, 6) is 0. The van der Waals surface area contributed by atoms with E-state index >= 15 is 0 Å². The first-order valence-electron chi connectivity index (χ1n) is 4.25. The molecule has 0 bridgehead atoms. The van der Waals surface area contributed by atoms with Gasteiger partial charge in [-0.25, -0.2) is 0 Å². The Bertz CT molecular complexity index is 374. The predicted molar refractivity (Wildman–Crippen MR) is 51.9 cm³/mol. The van der Waals surface area contributed by atoms with E-state index in [1.807, 2.05) is 0 Å². The summed E-state index contributed by atoms with van der Waals surface area (Å²) in [6.45, 7) is 3.25. The summed E-state index contributed by atoms with van der Waals surface area (Å²) < 4.78 is 36.8. The van der Waals surface area contributed by atoms with Gasteiger partial charge in [-0.2, -0.15) is 13.2 Å². The first kappa shape index (κ1) is 12.3. The lowest BCUT2D eigenvalue weighted by Gasteiger charge is -2.17. The molecule has 5 heteroatoms. The second-order valence-corrected chi connectivity index (χ2v) is 3.81. The van der Waals surface area contributed by atoms with Gasteiger partial charge in [-0.3, -0.25) is 0 Å². The first-order chi connectivity index (χ1) is 6.73. The van der Waals surface area contributed by atoms with Gasteiger partial charge in [0.05, 0.1) is 0 Å². The van der Waals surface area contributed by atoms with Crippen LogP contribution in [0.4, 0.5) is 13.2 Å². The van der Waals surface area contributed by atoms with E-state index in [9.17, 15) is 13.2 Å². The molecular formula is C10H10ClF3O. The van der Waals surface area contributed by atoms with Crippen LogP contribution in [0, 0.1) is 13.8 Å². The van der Waals surface area contributed by atoms with Crippen molar-refractivity contribution in [2.45, 2.75) is 26.1 Å². The molecule has 0 saturated carbocycles. The molecule has 0 fully saturated rings. The Hall–Kier alpha value is -0.740. The van der Waals surface area contributed by atoms with Gasteiger partial charge in [0.1, 0.15) is 0 Å². The van der Waals surface area contributed by atoms with Crippen molar-refractivity contribution < 1.29 is 18.3 Å². The van der Waals surface area contributed by atoms with Crippen LogP contribution in [-0.4, -0.2) is 11.3 Å². The normalized spacial score (nSPS) is 14.1. The SMILES string of the molecule is Cc1cc(C)c(Cl)c(C(O)C(F)(F)F)c1. The number of hydrogen-bond donors (Lipinski definition) is 1. The molecule has 0 radical (unpaired) electrons. The highest BCUT2D eigenvalue weighted by Gasteiger charge is 2.40. The van der Waals surface area contributed by atoms with Crippen molar-refractivity contribution in [3.63, 3.8) is 0 Å². The zero-order chi connectivity index (χ0) is 11.8. The Labute approximate surface area is 90.5 Å². The lowest BCUT2D eigenvalue weighted by molar-refractivity contribution is -0.206. The molecule has 1 nitrogen and oxygen atoms in total. The average Bonchev–Trinajstić information content (AvgIpc) is 2.08. The quantitative estimate of drug-likeness (QED) is 0.793. The zero-order valence-electron chi connectivity index (χ0n) is 8.19. The third kappa shape index (κ3) is 2.63. The number of benzene rings is 1. The van der Waals surface area contributed by atoms with E-state index in [0.29, 0.717) is 11.1 Å². The van der Waals surface area contributed by atoms with Gasteiger partial charge >= 0.3 is 6.18 Å². The highest BCUT2D eigenvalue weighted by Crippen LogP contribution is 2.37. The molecule has 15 heavy (non-hydrogen) atoms. The Morgan fingerprint density at radius 1 is 1.27 bits per heavy atom. The highest BCUT2D eigenvalue weighted by molar-refractivity contribution is 6.32. The summed E-state index contributed by atoms with van der Waals surface area (Å²) in [5, 5.41) is 9.04. The molecule has 0 aliphatic carbocycles. The summed E-state index contributed by atoms with van der Waals surface area (Å²) in [6.07, 6.45) is -7.22. The minimum Gasteiger partial charge on any atom is -0.379 e. The molecule has 0 aliphatic rings. The summed E-state index contributed by atoms with van der Waals surface area (Å²) in [4.78, 5) is 0. The fourth-order valence-corrected chi connectivity index (χ4v) is 1.57. The molecule has 0 saturated heterocycles. The van der Waals surface area contributed by atoms with Gasteiger partial charge in [0.2, 0.25) is 0 Å². The number of halogens is 4. The van der Waals surface area contributed by atoms with Crippen molar-refractivity contribution in [1.29, 1.82) is 0 Å². The minimum atomic E-state index is -4.69. The number of aryl methyl sites for hydroxylation is 2. The number of aliphatic hydroxyl groups is 1. The molecular weight excluding hydrogens is 229 g/mol. The van der Waals surface area contributed by atoms with Crippen LogP contribution in [0.15, 0.2) is 12.1 Å². The molecule has 1 unspecified atom stereocenters. The first-order valence-corrected chi connectivity index (χ1v) is 4.62. The van der Waals surface area contributed by atoms with Gasteiger partial charge in [0.25, 0.3) is 0 Å².